The predicted molar refractivity (Wildman–Crippen MR) is 395 cm³/mol. The van der Waals surface area contributed by atoms with Crippen molar-refractivity contribution >= 4 is 400 Å². The van der Waals surface area contributed by atoms with Gasteiger partial charge >= 0.3 is 0 Å². The first-order valence-corrected chi connectivity index (χ1v) is 25.7. The molecule has 0 bridgehead atoms. The zero-order valence-corrected chi connectivity index (χ0v) is 47.4. The van der Waals surface area contributed by atoms with Gasteiger partial charge in [0.15, 0.2) is 0 Å². The molecule has 0 saturated heterocycles. The molecule has 0 fully saturated rings. The van der Waals surface area contributed by atoms with E-state index in [1.54, 1.807) is 0 Å². The van der Waals surface area contributed by atoms with E-state index < -0.39 is 0 Å². The molecule has 1 heterocycles. The first kappa shape index (κ1) is 50.0. The lowest BCUT2D eigenvalue weighted by Gasteiger charge is -2.32. The molecular formula is C42H52B26O. The summed E-state index contributed by atoms with van der Waals surface area (Å²) in [6.07, 6.45) is 0. The quantitative estimate of drug-likeness (QED) is 0.127. The van der Waals surface area contributed by atoms with Gasteiger partial charge in [0.1, 0.15) is 215 Å². The van der Waals surface area contributed by atoms with Crippen molar-refractivity contribution in [2.45, 2.75) is 0 Å². The second-order valence-electron chi connectivity index (χ2n) is 22.3. The summed E-state index contributed by atoms with van der Waals surface area (Å²) in [7, 11) is 61.4. The lowest BCUT2D eigenvalue weighted by atomic mass is 9.55. The Labute approximate surface area is 435 Å². The number of furan rings is 1. The normalized spacial score (nSPS) is 11.8. The molecule has 69 heavy (non-hydrogen) atoms. The minimum absolute atomic E-state index is 1.03. The van der Waals surface area contributed by atoms with E-state index in [-0.39, 0.29) is 0 Å². The molecule has 0 aliphatic rings. The van der Waals surface area contributed by atoms with Gasteiger partial charge in [0.25, 0.3) is 0 Å². The molecule has 0 unspecified atom stereocenters. The summed E-state index contributed by atoms with van der Waals surface area (Å²) in [4.78, 5) is 0. The number of rotatable bonds is 3. The molecule has 0 spiro atoms. The Balaban J connectivity index is 1.60. The van der Waals surface area contributed by atoms with Crippen molar-refractivity contribution < 1.29 is 4.42 Å². The smallest absolute Gasteiger partial charge is 0.143 e. The van der Waals surface area contributed by atoms with Crippen molar-refractivity contribution in [3.05, 3.63) is 0 Å². The largest absolute Gasteiger partial charge is 0.457 e. The van der Waals surface area contributed by atoms with Crippen molar-refractivity contribution in [2.75, 3.05) is 0 Å². The van der Waals surface area contributed by atoms with Crippen LogP contribution < -0.4 is 142 Å². The molecular weight excluding hydrogens is 802 g/mol. The Morgan fingerprint density at radius 1 is 0.130 bits per heavy atom. The second kappa shape index (κ2) is 16.8. The van der Waals surface area contributed by atoms with Crippen molar-refractivity contribution in [1.82, 2.24) is 0 Å². The average molecular weight is 854 g/mol. The lowest BCUT2D eigenvalue weighted by Crippen LogP contribution is -2.56. The van der Waals surface area contributed by atoms with Crippen LogP contribution in [0.25, 0.3) is 87.6 Å². The standard InChI is InChI=1S/C42H52B26O/c43-15-9(22(50)23(51)11-10(15)24(52)25(53)12(16(11)44)13-26(54)33(61)37(65)34(62)27(13)55)2-5-3(17(45)29(57)31(59)19(5)47)1(4-6(2)20(48)32(60)30(58)18(4)46)7-8-14-28(56)35(63)38(66)40(68)42(14)69-41(8)39(67)36(64)21(7)49/h43-68H2. The van der Waals surface area contributed by atoms with Crippen LogP contribution in [-0.2, 0) is 0 Å². The van der Waals surface area contributed by atoms with E-state index in [9.17, 15) is 0 Å². The van der Waals surface area contributed by atoms with Crippen molar-refractivity contribution in [3.8, 4) is 33.4 Å². The fourth-order valence-corrected chi connectivity index (χ4v) is 13.7. The van der Waals surface area contributed by atoms with Crippen molar-refractivity contribution in [3.63, 3.8) is 0 Å². The molecule has 9 rings (SSSR count). The Kier molecular flexibility index (Phi) is 12.2. The van der Waals surface area contributed by atoms with Crippen LogP contribution in [0.3, 0.4) is 0 Å². The van der Waals surface area contributed by atoms with E-state index in [1.807, 2.05) is 0 Å². The van der Waals surface area contributed by atoms with Gasteiger partial charge in [-0.2, -0.15) is 0 Å². The number of hydrogen-bond donors (Lipinski definition) is 0. The number of fused-ring (bicyclic) bond motifs is 6. The van der Waals surface area contributed by atoms with E-state index in [2.05, 4.69) is 204 Å². The van der Waals surface area contributed by atoms with Crippen molar-refractivity contribution in [2.24, 2.45) is 0 Å². The first-order valence-electron chi connectivity index (χ1n) is 25.7. The van der Waals surface area contributed by atoms with Crippen LogP contribution in [-0.4, -0.2) is 204 Å². The fourth-order valence-electron chi connectivity index (χ4n) is 13.7. The van der Waals surface area contributed by atoms with Gasteiger partial charge in [-0.3, -0.25) is 0 Å². The molecule has 1 aromatic heterocycles. The molecule has 0 saturated carbocycles. The molecule has 0 atom stereocenters. The third-order valence-corrected chi connectivity index (χ3v) is 19.9. The zero-order chi connectivity index (χ0) is 51.0. The van der Waals surface area contributed by atoms with Crippen LogP contribution in [0.4, 0.5) is 0 Å². The highest BCUT2D eigenvalue weighted by molar-refractivity contribution is 6.77. The minimum Gasteiger partial charge on any atom is -0.457 e. The monoisotopic (exact) mass is 859 g/mol. The molecule has 27 heteroatoms. The van der Waals surface area contributed by atoms with Crippen LogP contribution in [0.1, 0.15) is 0 Å². The Hall–Kier alpha value is -3.97. The van der Waals surface area contributed by atoms with E-state index in [0.29, 0.717) is 0 Å². The third-order valence-electron chi connectivity index (χ3n) is 19.9. The molecule has 0 aliphatic heterocycles. The van der Waals surface area contributed by atoms with Crippen LogP contribution >= 0.6 is 0 Å². The number of benzene rings is 8. The van der Waals surface area contributed by atoms with Gasteiger partial charge in [0.05, 0.1) is 0 Å². The summed E-state index contributed by atoms with van der Waals surface area (Å²) in [5.74, 6) is 0. The van der Waals surface area contributed by atoms with Crippen LogP contribution in [0.2, 0.25) is 0 Å². The maximum absolute atomic E-state index is 7.22. The van der Waals surface area contributed by atoms with Gasteiger partial charge in [-0.15, -0.1) is 43.7 Å². The van der Waals surface area contributed by atoms with Gasteiger partial charge < -0.3 is 4.42 Å². The van der Waals surface area contributed by atoms with Gasteiger partial charge in [0.2, 0.25) is 0 Å². The highest BCUT2D eigenvalue weighted by Crippen LogP contribution is 2.42. The van der Waals surface area contributed by atoms with Crippen LogP contribution in [0.5, 0.6) is 0 Å². The van der Waals surface area contributed by atoms with Gasteiger partial charge in [0, 0.05) is 10.8 Å². The fraction of sp³-hybridized carbons (Fsp3) is 0. The summed E-state index contributed by atoms with van der Waals surface area (Å²) in [5.41, 5.74) is 45.9. The third kappa shape index (κ3) is 6.41. The number of hydrogen-bond acceptors (Lipinski definition) is 1. The first-order chi connectivity index (χ1) is 32.2. The Bertz CT molecular complexity index is 3860. The Morgan fingerprint density at radius 3 is 0.710 bits per heavy atom. The molecule has 0 amide bonds. The summed E-state index contributed by atoms with van der Waals surface area (Å²) < 4.78 is 7.22. The van der Waals surface area contributed by atoms with E-state index in [0.717, 1.165) is 11.2 Å². The van der Waals surface area contributed by atoms with Gasteiger partial charge in [-0.05, 0) is 65.7 Å². The second-order valence-corrected chi connectivity index (χ2v) is 22.3. The molecule has 0 N–H and O–H groups in total. The van der Waals surface area contributed by atoms with Gasteiger partial charge in [-0.25, -0.2) is 0 Å². The summed E-state index contributed by atoms with van der Waals surface area (Å²) in [6, 6.07) is 0. The molecule has 1 nitrogen and oxygen atoms in total. The topological polar surface area (TPSA) is 13.1 Å². The maximum Gasteiger partial charge on any atom is 0.143 e. The average Bonchev–Trinajstić information content (AvgIpc) is 3.72. The molecule has 304 valence electrons. The summed E-state index contributed by atoms with van der Waals surface area (Å²) >= 11 is 0. The van der Waals surface area contributed by atoms with Crippen LogP contribution in [0.15, 0.2) is 4.42 Å². The van der Waals surface area contributed by atoms with E-state index in [1.165, 1.54) is 219 Å². The van der Waals surface area contributed by atoms with E-state index >= 15 is 0 Å². The minimum atomic E-state index is 1.03. The van der Waals surface area contributed by atoms with Gasteiger partial charge in [-0.1, -0.05) is 98.3 Å². The maximum atomic E-state index is 7.22. The molecule has 8 aromatic carbocycles. The summed E-state index contributed by atoms with van der Waals surface area (Å²) in [5, 5.41) is 10.9. The van der Waals surface area contributed by atoms with Crippen LogP contribution in [0, 0.1) is 0 Å². The SMILES string of the molecule is Bc1c(B)c(B)c(-c2c(B)c(B)c3c(B)c(-c4c5c(B)c(B)c(B)c(B)c5c(-c5c(B)c(B)c(B)c6oc7c(B)c(B)c(B)c(B)c7c56)c5c(B)c(B)c(B)c(B)c45)c(B)c(B)c3c2B)c(B)c1B. The Morgan fingerprint density at radius 2 is 0.333 bits per heavy atom. The van der Waals surface area contributed by atoms with E-state index in [4.69, 9.17) is 4.42 Å². The highest BCUT2D eigenvalue weighted by atomic mass is 16.3. The molecule has 0 radical (unpaired) electrons. The highest BCUT2D eigenvalue weighted by Gasteiger charge is 2.32. The predicted octanol–water partition coefficient (Wildman–Crippen LogP) is -33.2. The zero-order valence-electron chi connectivity index (χ0n) is 47.4. The van der Waals surface area contributed by atoms with Crippen molar-refractivity contribution in [1.29, 1.82) is 0 Å². The lowest BCUT2D eigenvalue weighted by molar-refractivity contribution is 0.675. The molecule has 0 aliphatic carbocycles. The molecule has 9 aromatic rings. The summed E-state index contributed by atoms with van der Waals surface area (Å²) in [6.45, 7) is 0.